The number of aliphatic imine (C=N–C) groups is 1. The number of H-pyrrole nitrogens is 2. The molecule has 3 aromatic rings. The van der Waals surface area contributed by atoms with Gasteiger partial charge < -0.3 is 42.0 Å². The Bertz CT molecular complexity index is 1400. The van der Waals surface area contributed by atoms with E-state index in [-0.39, 0.29) is 41.7 Å². The minimum atomic E-state index is -0.227. The smallest absolute Gasteiger partial charge is 0.267 e. The maximum absolute atomic E-state index is 13.1. The fourth-order valence-electron chi connectivity index (χ4n) is 5.48. The van der Waals surface area contributed by atoms with Gasteiger partial charge in [0.1, 0.15) is 11.4 Å². The predicted octanol–water partition coefficient (Wildman–Crippen LogP) is 2.18. The van der Waals surface area contributed by atoms with E-state index in [9.17, 15) is 9.59 Å². The van der Waals surface area contributed by atoms with Crippen molar-refractivity contribution in [2.75, 3.05) is 18.8 Å². The van der Waals surface area contributed by atoms with Crippen molar-refractivity contribution < 1.29 is 9.59 Å². The molecule has 5 rings (SSSR count). The molecule has 0 bridgehead atoms. The van der Waals surface area contributed by atoms with Gasteiger partial charge in [0, 0.05) is 42.4 Å². The van der Waals surface area contributed by atoms with E-state index < -0.39 is 0 Å². The topological polar surface area (TPSA) is 184 Å². The molecule has 0 aromatic carbocycles. The molecule has 1 aliphatic carbocycles. The number of hydrogen-bond donors (Lipinski definition) is 7. The Morgan fingerprint density at radius 2 is 1.92 bits per heavy atom. The molecule has 2 aliphatic rings. The summed E-state index contributed by atoms with van der Waals surface area (Å²) < 4.78 is 4.13. The van der Waals surface area contributed by atoms with Gasteiger partial charge in [0.2, 0.25) is 0 Å². The number of hydrogen-bond acceptors (Lipinski definition) is 7. The van der Waals surface area contributed by atoms with Gasteiger partial charge in [-0.1, -0.05) is 0 Å². The Balaban J connectivity index is 1.41. The van der Waals surface area contributed by atoms with Crippen molar-refractivity contribution in [3.8, 4) is 0 Å². The molecule has 2 unspecified atom stereocenters. The first kappa shape index (κ1) is 26.8. The van der Waals surface area contributed by atoms with E-state index in [0.29, 0.717) is 42.8 Å². The lowest BCUT2D eigenvalue weighted by molar-refractivity contribution is 0.0869. The summed E-state index contributed by atoms with van der Waals surface area (Å²) in [6, 6.07) is 3.28. The molecule has 9 N–H and O–H groups in total. The third-order valence-corrected chi connectivity index (χ3v) is 9.82. The van der Waals surface area contributed by atoms with Crippen molar-refractivity contribution in [2.24, 2.45) is 29.6 Å². The largest absolute Gasteiger partial charge is 0.370 e. The number of rotatable bonds is 7. The number of aromatic nitrogens is 4. The first-order valence-corrected chi connectivity index (χ1v) is 14.3. The van der Waals surface area contributed by atoms with E-state index in [1.54, 1.807) is 29.1 Å². The summed E-state index contributed by atoms with van der Waals surface area (Å²) in [5.41, 5.74) is 13.8. The van der Waals surface area contributed by atoms with Crippen LogP contribution in [0.1, 0.15) is 39.0 Å². The third-order valence-electron chi connectivity index (χ3n) is 7.26. The van der Waals surface area contributed by atoms with Gasteiger partial charge in [-0.25, -0.2) is 9.98 Å². The number of imidazole rings is 1. The van der Waals surface area contributed by atoms with E-state index in [1.165, 1.54) is 0 Å². The van der Waals surface area contributed by atoms with Gasteiger partial charge in [0.25, 0.3) is 11.8 Å². The van der Waals surface area contributed by atoms with Crippen LogP contribution >= 0.6 is 47.8 Å². The molecule has 1 fully saturated rings. The molecule has 2 amide bonds. The minimum absolute atomic E-state index is 0.0221. The van der Waals surface area contributed by atoms with Crippen molar-refractivity contribution in [1.29, 1.82) is 0 Å². The maximum atomic E-state index is 13.1. The number of amides is 2. The van der Waals surface area contributed by atoms with E-state index >= 15 is 0 Å². The zero-order chi connectivity index (χ0) is 27.1. The molecule has 5 atom stereocenters. The van der Waals surface area contributed by atoms with Crippen LogP contribution in [0.4, 0.5) is 5.95 Å². The predicted molar refractivity (Wildman–Crippen MR) is 154 cm³/mol. The zero-order valence-electron chi connectivity index (χ0n) is 20.3. The number of halogens is 3. The molecule has 3 aromatic heterocycles. The van der Waals surface area contributed by atoms with Gasteiger partial charge in [-0.15, -0.1) is 0 Å². The number of carbonyl (C=O) groups is 2. The number of nitrogens with zero attached hydrogens (tertiary/aromatic N) is 3. The average Bonchev–Trinajstić information content (AvgIpc) is 3.65. The molecule has 0 saturated heterocycles. The highest BCUT2D eigenvalue weighted by atomic mass is 79.9. The summed E-state index contributed by atoms with van der Waals surface area (Å²) in [6.45, 7) is 0.734. The number of anilines is 1. The van der Waals surface area contributed by atoms with Crippen molar-refractivity contribution in [3.63, 3.8) is 0 Å². The second-order valence-electron chi connectivity index (χ2n) is 9.54. The molecule has 38 heavy (non-hydrogen) atoms. The Kier molecular flexibility index (Phi) is 7.60. The molecule has 0 radical (unpaired) electrons. The first-order chi connectivity index (χ1) is 18.1. The van der Waals surface area contributed by atoms with E-state index in [4.69, 9.17) is 11.5 Å². The van der Waals surface area contributed by atoms with Crippen LogP contribution in [0.2, 0.25) is 0 Å². The second-order valence-corrected chi connectivity index (χ2v) is 12.1. The monoisotopic (exact) mass is 712 g/mol. The fraction of sp³-hybridized carbons (Fsp3) is 0.391. The van der Waals surface area contributed by atoms with Gasteiger partial charge >= 0.3 is 0 Å². The zero-order valence-corrected chi connectivity index (χ0v) is 25.0. The summed E-state index contributed by atoms with van der Waals surface area (Å²) in [5.74, 6) is -0.0585. The Morgan fingerprint density at radius 3 is 2.55 bits per heavy atom. The number of aromatic amines is 2. The summed E-state index contributed by atoms with van der Waals surface area (Å²) in [6.07, 6.45) is 4.11. The number of guanidine groups is 1. The van der Waals surface area contributed by atoms with Crippen molar-refractivity contribution in [1.82, 2.24) is 35.5 Å². The number of nitrogen functional groups attached to an aromatic ring is 1. The molecule has 4 heterocycles. The normalized spacial score (nSPS) is 24.4. The lowest BCUT2D eigenvalue weighted by Crippen LogP contribution is -2.53. The van der Waals surface area contributed by atoms with Crippen LogP contribution in [0.5, 0.6) is 0 Å². The molecule has 1 aliphatic heterocycles. The Morgan fingerprint density at radius 1 is 1.16 bits per heavy atom. The van der Waals surface area contributed by atoms with E-state index in [0.717, 1.165) is 19.2 Å². The number of carbonyl (C=O) groups excluding carboxylic acids is 2. The maximum Gasteiger partial charge on any atom is 0.267 e. The van der Waals surface area contributed by atoms with Gasteiger partial charge in [-0.3, -0.25) is 9.59 Å². The van der Waals surface area contributed by atoms with Crippen molar-refractivity contribution in [3.05, 3.63) is 55.2 Å². The lowest BCUT2D eigenvalue weighted by atomic mass is 9.66. The third kappa shape index (κ3) is 5.23. The molecule has 12 nitrogen and oxygen atoms in total. The van der Waals surface area contributed by atoms with E-state index in [2.05, 4.69) is 83.7 Å². The highest BCUT2D eigenvalue weighted by Gasteiger charge is 2.48. The average molecular weight is 715 g/mol. The number of nitrogens with one attached hydrogen (secondary N) is 5. The van der Waals surface area contributed by atoms with Crippen LogP contribution in [0, 0.1) is 11.8 Å². The Hall–Kier alpha value is -2.78. The second kappa shape index (κ2) is 10.8. The quantitative estimate of drug-likeness (QED) is 0.197. The van der Waals surface area contributed by atoms with Crippen LogP contribution in [0.25, 0.3) is 0 Å². The summed E-state index contributed by atoms with van der Waals surface area (Å²) in [4.78, 5) is 41.0. The van der Waals surface area contributed by atoms with Gasteiger partial charge in [0.15, 0.2) is 11.9 Å². The van der Waals surface area contributed by atoms with E-state index in [1.807, 2.05) is 7.05 Å². The van der Waals surface area contributed by atoms with Crippen molar-refractivity contribution in [2.45, 2.75) is 24.4 Å². The van der Waals surface area contributed by atoms with Crippen LogP contribution in [0.15, 0.2) is 43.1 Å². The Labute approximate surface area is 243 Å². The fourth-order valence-corrected chi connectivity index (χ4v) is 6.61. The minimum Gasteiger partial charge on any atom is -0.370 e. The first-order valence-electron chi connectivity index (χ1n) is 11.9. The van der Waals surface area contributed by atoms with Gasteiger partial charge in [-0.2, -0.15) is 0 Å². The molecular weight excluding hydrogens is 688 g/mol. The molecule has 15 heteroatoms. The number of fused-ring (bicyclic) bond motifs is 1. The lowest BCUT2D eigenvalue weighted by Gasteiger charge is -2.43. The molecular formula is C23H27Br3N10O2. The molecule has 202 valence electrons. The van der Waals surface area contributed by atoms with Crippen LogP contribution in [0.3, 0.4) is 0 Å². The highest BCUT2D eigenvalue weighted by Crippen LogP contribution is 2.44. The summed E-state index contributed by atoms with van der Waals surface area (Å²) in [7, 11) is 1.81. The summed E-state index contributed by atoms with van der Waals surface area (Å²) >= 11 is 10.3. The SMILES string of the molecule is Cn1c(C(=O)NC[C@H]2CC3NC(N)=NC3[C@@H](c3cnc(N)[nH]3)[C@@H]2CNC(=O)c2cc(Br)c[nH]2)cc(Br)c1Br. The molecule has 0 spiro atoms. The van der Waals surface area contributed by atoms with Gasteiger partial charge in [-0.05, 0) is 78.2 Å². The molecule has 1 saturated carbocycles. The van der Waals surface area contributed by atoms with Crippen LogP contribution in [-0.4, -0.2) is 62.5 Å². The standard InChI is InChI=1S/C23H27Br3N10O2/c1-36-16(4-12(25)19(36)26)21(38)30-5-9-2-13-18(35-23(28)33-13)17(15-8-32-22(27)34-15)11(9)7-31-20(37)14-3-10(24)6-29-14/h3-4,6,8-9,11,13,17-18,29H,2,5,7H2,1H3,(H,30,38)(H,31,37)(H3,27,32,34)(H3,28,33,35)/t9-,11-,13?,17-,18?/m1/s1. The van der Waals surface area contributed by atoms with Gasteiger partial charge in [0.05, 0.1) is 27.4 Å². The number of nitrogens with two attached hydrogens (primary N) is 2. The van der Waals surface area contributed by atoms with Crippen LogP contribution < -0.4 is 27.4 Å². The highest BCUT2D eigenvalue weighted by molar-refractivity contribution is 9.13. The summed E-state index contributed by atoms with van der Waals surface area (Å²) in [5, 5.41) is 9.44. The van der Waals surface area contributed by atoms with Crippen molar-refractivity contribution >= 4 is 71.5 Å². The van der Waals surface area contributed by atoms with Crippen LogP contribution in [-0.2, 0) is 7.05 Å².